The van der Waals surface area contributed by atoms with Gasteiger partial charge in [-0.25, -0.2) is 4.79 Å². The molecule has 0 radical (unpaired) electrons. The van der Waals surface area contributed by atoms with Crippen LogP contribution in [0.3, 0.4) is 0 Å². The Morgan fingerprint density at radius 1 is 1.03 bits per heavy atom. The van der Waals surface area contributed by atoms with Gasteiger partial charge in [-0.2, -0.15) is 5.26 Å². The minimum Gasteiger partial charge on any atom is -0.496 e. The van der Waals surface area contributed by atoms with Gasteiger partial charge in [0.2, 0.25) is 0 Å². The summed E-state index contributed by atoms with van der Waals surface area (Å²) in [6, 6.07) is 22.6. The third-order valence-electron chi connectivity index (χ3n) is 5.86. The molecular formula is C26H22N2O4. The number of rotatable bonds is 5. The zero-order valence-electron chi connectivity index (χ0n) is 17.6. The van der Waals surface area contributed by atoms with E-state index < -0.39 is 12.0 Å². The average Bonchev–Trinajstić information content (AvgIpc) is 3.29. The van der Waals surface area contributed by atoms with Gasteiger partial charge < -0.3 is 14.7 Å². The van der Waals surface area contributed by atoms with Crippen LogP contribution in [-0.4, -0.2) is 35.0 Å². The lowest BCUT2D eigenvalue weighted by Crippen LogP contribution is -2.41. The van der Waals surface area contributed by atoms with Gasteiger partial charge >= 0.3 is 5.97 Å². The van der Waals surface area contributed by atoms with E-state index in [1.807, 2.05) is 36.4 Å². The molecule has 2 atom stereocenters. The van der Waals surface area contributed by atoms with E-state index in [0.29, 0.717) is 29.7 Å². The fourth-order valence-corrected chi connectivity index (χ4v) is 4.27. The molecule has 0 aliphatic carbocycles. The van der Waals surface area contributed by atoms with Gasteiger partial charge in [0.25, 0.3) is 5.91 Å². The lowest BCUT2D eigenvalue weighted by Gasteiger charge is -2.29. The zero-order valence-corrected chi connectivity index (χ0v) is 17.6. The van der Waals surface area contributed by atoms with Gasteiger partial charge in [0.1, 0.15) is 11.8 Å². The van der Waals surface area contributed by atoms with E-state index in [1.54, 1.807) is 43.5 Å². The highest BCUT2D eigenvalue weighted by atomic mass is 16.5. The van der Waals surface area contributed by atoms with Crippen molar-refractivity contribution < 1.29 is 19.4 Å². The summed E-state index contributed by atoms with van der Waals surface area (Å²) in [4.78, 5) is 26.9. The molecule has 0 aromatic heterocycles. The first kappa shape index (κ1) is 21.1. The predicted molar refractivity (Wildman–Crippen MR) is 119 cm³/mol. The Labute approximate surface area is 186 Å². The number of amides is 1. The maximum absolute atomic E-state index is 13.5. The summed E-state index contributed by atoms with van der Waals surface area (Å²) in [5.74, 6) is -0.840. The van der Waals surface area contributed by atoms with Gasteiger partial charge in [-0.1, -0.05) is 42.5 Å². The Hall–Kier alpha value is -4.11. The summed E-state index contributed by atoms with van der Waals surface area (Å²) in [5, 5.41) is 18.8. The van der Waals surface area contributed by atoms with Gasteiger partial charge in [-0.3, -0.25) is 4.79 Å². The number of methoxy groups -OCH3 is 1. The van der Waals surface area contributed by atoms with Crippen molar-refractivity contribution in [1.29, 1.82) is 5.26 Å². The quantitative estimate of drug-likeness (QED) is 0.641. The lowest BCUT2D eigenvalue weighted by atomic mass is 10.0. The van der Waals surface area contributed by atoms with E-state index in [1.165, 1.54) is 4.90 Å². The minimum absolute atomic E-state index is 0.359. The van der Waals surface area contributed by atoms with Crippen LogP contribution in [-0.2, 0) is 4.79 Å². The largest absolute Gasteiger partial charge is 0.496 e. The highest BCUT2D eigenvalue weighted by Gasteiger charge is 2.42. The lowest BCUT2D eigenvalue weighted by molar-refractivity contribution is -0.141. The van der Waals surface area contributed by atoms with Crippen molar-refractivity contribution in [3.8, 4) is 22.9 Å². The number of aliphatic carboxylic acids is 1. The normalized spacial score (nSPS) is 17.6. The van der Waals surface area contributed by atoms with Gasteiger partial charge in [-0.15, -0.1) is 0 Å². The molecule has 1 heterocycles. The molecule has 1 amide bonds. The molecule has 1 aliphatic rings. The molecule has 6 heteroatoms. The summed E-state index contributed by atoms with van der Waals surface area (Å²) in [5.41, 5.74) is 3.51. The van der Waals surface area contributed by atoms with Gasteiger partial charge in [0.05, 0.1) is 24.8 Å². The topological polar surface area (TPSA) is 90.6 Å². The third-order valence-corrected chi connectivity index (χ3v) is 5.86. The van der Waals surface area contributed by atoms with Crippen molar-refractivity contribution in [1.82, 2.24) is 4.90 Å². The number of carboxylic acid groups (broad SMARTS) is 1. The van der Waals surface area contributed by atoms with Crippen molar-refractivity contribution in [3.63, 3.8) is 0 Å². The molecule has 160 valence electrons. The van der Waals surface area contributed by atoms with Crippen LogP contribution in [0.5, 0.6) is 5.75 Å². The highest BCUT2D eigenvalue weighted by Crippen LogP contribution is 2.39. The second kappa shape index (κ2) is 8.94. The first-order valence-corrected chi connectivity index (χ1v) is 10.3. The van der Waals surface area contributed by atoms with Crippen LogP contribution in [0.4, 0.5) is 0 Å². The SMILES string of the molecule is COc1cc(C(=O)N2[C@@H](c3ccc(C#N)cc3)CC[C@H]2C(=O)O)ccc1-c1ccccc1. The van der Waals surface area contributed by atoms with Crippen LogP contribution >= 0.6 is 0 Å². The second-order valence-corrected chi connectivity index (χ2v) is 7.67. The minimum atomic E-state index is -1.03. The van der Waals surface area contributed by atoms with Gasteiger partial charge in [0.15, 0.2) is 0 Å². The van der Waals surface area contributed by atoms with Gasteiger partial charge in [-0.05, 0) is 54.3 Å². The van der Waals surface area contributed by atoms with E-state index in [-0.39, 0.29) is 11.9 Å². The van der Waals surface area contributed by atoms with E-state index in [4.69, 9.17) is 10.00 Å². The van der Waals surface area contributed by atoms with Crippen LogP contribution < -0.4 is 4.74 Å². The summed E-state index contributed by atoms with van der Waals surface area (Å²) >= 11 is 0. The summed E-state index contributed by atoms with van der Waals surface area (Å²) in [7, 11) is 1.55. The number of benzene rings is 3. The Morgan fingerprint density at radius 2 is 1.75 bits per heavy atom. The van der Waals surface area contributed by atoms with Crippen molar-refractivity contribution in [2.75, 3.05) is 7.11 Å². The molecule has 0 bridgehead atoms. The molecule has 6 nitrogen and oxygen atoms in total. The Balaban J connectivity index is 1.71. The molecule has 0 unspecified atom stereocenters. The zero-order chi connectivity index (χ0) is 22.7. The number of likely N-dealkylation sites (tertiary alicyclic amines) is 1. The number of nitrogens with zero attached hydrogens (tertiary/aromatic N) is 2. The Bertz CT molecular complexity index is 1180. The smallest absolute Gasteiger partial charge is 0.326 e. The number of hydrogen-bond donors (Lipinski definition) is 1. The number of hydrogen-bond acceptors (Lipinski definition) is 4. The van der Waals surface area contributed by atoms with E-state index in [2.05, 4.69) is 6.07 Å². The molecular weight excluding hydrogens is 404 g/mol. The maximum atomic E-state index is 13.5. The van der Waals surface area contributed by atoms with Crippen molar-refractivity contribution in [3.05, 3.63) is 89.5 Å². The number of carbonyl (C=O) groups is 2. The van der Waals surface area contributed by atoms with Crippen molar-refractivity contribution in [2.45, 2.75) is 24.9 Å². The average molecular weight is 426 g/mol. The van der Waals surface area contributed by atoms with E-state index >= 15 is 0 Å². The summed E-state index contributed by atoms with van der Waals surface area (Å²) < 4.78 is 5.55. The molecule has 1 N–H and O–H groups in total. The summed E-state index contributed by atoms with van der Waals surface area (Å²) in [6.07, 6.45) is 0.902. The number of carboxylic acids is 1. The molecule has 1 fully saturated rings. The molecule has 32 heavy (non-hydrogen) atoms. The molecule has 1 aliphatic heterocycles. The first-order chi connectivity index (χ1) is 15.5. The van der Waals surface area contributed by atoms with Crippen LogP contribution in [0.1, 0.15) is 40.4 Å². The third kappa shape index (κ3) is 3.93. The second-order valence-electron chi connectivity index (χ2n) is 7.67. The first-order valence-electron chi connectivity index (χ1n) is 10.3. The molecule has 3 aromatic carbocycles. The highest BCUT2D eigenvalue weighted by molar-refractivity contribution is 5.98. The fraction of sp³-hybridized carbons (Fsp3) is 0.192. The van der Waals surface area contributed by atoms with Crippen molar-refractivity contribution >= 4 is 11.9 Å². The Morgan fingerprint density at radius 3 is 2.38 bits per heavy atom. The molecule has 1 saturated heterocycles. The van der Waals surface area contributed by atoms with Gasteiger partial charge in [0, 0.05) is 11.1 Å². The van der Waals surface area contributed by atoms with Crippen LogP contribution in [0.15, 0.2) is 72.8 Å². The molecule has 0 spiro atoms. The monoisotopic (exact) mass is 426 g/mol. The maximum Gasteiger partial charge on any atom is 0.326 e. The number of nitriles is 1. The Kier molecular flexibility index (Phi) is 5.91. The summed E-state index contributed by atoms with van der Waals surface area (Å²) in [6.45, 7) is 0. The predicted octanol–water partition coefficient (Wildman–Crippen LogP) is 4.66. The van der Waals surface area contributed by atoms with E-state index in [0.717, 1.165) is 16.7 Å². The fourth-order valence-electron chi connectivity index (χ4n) is 4.27. The van der Waals surface area contributed by atoms with E-state index in [9.17, 15) is 14.7 Å². The van der Waals surface area contributed by atoms with Crippen LogP contribution in [0, 0.1) is 11.3 Å². The van der Waals surface area contributed by atoms with Crippen molar-refractivity contribution in [2.24, 2.45) is 0 Å². The molecule has 4 rings (SSSR count). The number of carbonyl (C=O) groups excluding carboxylic acids is 1. The molecule has 3 aromatic rings. The number of ether oxygens (including phenoxy) is 1. The van der Waals surface area contributed by atoms with Crippen LogP contribution in [0.25, 0.3) is 11.1 Å². The van der Waals surface area contributed by atoms with Crippen LogP contribution in [0.2, 0.25) is 0 Å². The molecule has 0 saturated carbocycles. The standard InChI is InChI=1S/C26H22N2O4/c1-32-24-15-20(11-12-21(24)18-5-3-2-4-6-18)25(29)28-22(13-14-23(28)26(30)31)19-9-7-17(16-27)8-10-19/h2-12,15,22-23H,13-14H2,1H3,(H,30,31)/t22-,23+/m1/s1.